The summed E-state index contributed by atoms with van der Waals surface area (Å²) in [5.41, 5.74) is 1.28. The first-order valence-electron chi connectivity index (χ1n) is 11.2. The van der Waals surface area contributed by atoms with Crippen LogP contribution in [0, 0.1) is 23.2 Å². The number of hydrogen-bond donors (Lipinski definition) is 3. The number of nitrogens with one attached hydrogen (secondary N) is 1. The van der Waals surface area contributed by atoms with Crippen LogP contribution >= 0.6 is 0 Å². The van der Waals surface area contributed by atoms with Gasteiger partial charge in [0.05, 0.1) is 5.56 Å². The quantitative estimate of drug-likeness (QED) is 0.403. The number of fused-ring (bicyclic) bond motifs is 3. The Kier molecular flexibility index (Phi) is 5.82. The van der Waals surface area contributed by atoms with Gasteiger partial charge in [0.25, 0.3) is 5.91 Å². The fourth-order valence-electron chi connectivity index (χ4n) is 5.70. The summed E-state index contributed by atoms with van der Waals surface area (Å²) in [6, 6.07) is 4.90. The second kappa shape index (κ2) is 8.40. The molecule has 3 N–H and O–H groups in total. The fraction of sp³-hybridized carbons (Fsp3) is 0.520. The SMILES string of the molecule is CC1(C)C2C[C@@H]1C[C@H](CCCC/C=C/C(=O)O)[C@H]2NC(=O)c1coc2ccc(O)cc12. The molecule has 3 saturated carbocycles. The number of furan rings is 1. The van der Waals surface area contributed by atoms with Crippen LogP contribution in [0.3, 0.4) is 0 Å². The van der Waals surface area contributed by atoms with Crippen molar-refractivity contribution in [1.82, 2.24) is 5.32 Å². The highest BCUT2D eigenvalue weighted by molar-refractivity contribution is 6.06. The summed E-state index contributed by atoms with van der Waals surface area (Å²) in [6.45, 7) is 4.62. The monoisotopic (exact) mass is 425 g/mol. The molecule has 6 nitrogen and oxygen atoms in total. The normalized spacial score (nSPS) is 26.6. The lowest BCUT2D eigenvalue weighted by Gasteiger charge is -2.62. The predicted octanol–water partition coefficient (Wildman–Crippen LogP) is 5.12. The van der Waals surface area contributed by atoms with E-state index in [4.69, 9.17) is 9.52 Å². The van der Waals surface area contributed by atoms with E-state index in [-0.39, 0.29) is 23.1 Å². The van der Waals surface area contributed by atoms with Gasteiger partial charge in [-0.25, -0.2) is 4.79 Å². The molecule has 1 unspecified atom stereocenters. The largest absolute Gasteiger partial charge is 0.508 e. The van der Waals surface area contributed by atoms with Gasteiger partial charge in [0.15, 0.2) is 0 Å². The van der Waals surface area contributed by atoms with Gasteiger partial charge in [-0.2, -0.15) is 0 Å². The van der Waals surface area contributed by atoms with Crippen molar-refractivity contribution in [3.8, 4) is 5.75 Å². The number of allylic oxidation sites excluding steroid dienone is 1. The van der Waals surface area contributed by atoms with E-state index in [1.54, 1.807) is 24.3 Å². The number of carbonyl (C=O) groups excluding carboxylic acids is 1. The maximum atomic E-state index is 13.2. The molecule has 166 valence electrons. The summed E-state index contributed by atoms with van der Waals surface area (Å²) < 4.78 is 5.52. The molecule has 0 radical (unpaired) electrons. The highest BCUT2D eigenvalue weighted by Crippen LogP contribution is 2.61. The van der Waals surface area contributed by atoms with Crippen molar-refractivity contribution in [3.05, 3.63) is 42.2 Å². The van der Waals surface area contributed by atoms with Crippen LogP contribution in [0.25, 0.3) is 11.0 Å². The number of carbonyl (C=O) groups is 2. The molecule has 3 aliphatic carbocycles. The van der Waals surface area contributed by atoms with Crippen molar-refractivity contribution >= 4 is 22.8 Å². The third kappa shape index (κ3) is 4.21. The lowest BCUT2D eigenvalue weighted by Crippen LogP contribution is -2.63. The van der Waals surface area contributed by atoms with Gasteiger partial charge < -0.3 is 19.9 Å². The standard InChI is InChI=1S/C25H31NO5/c1-25(2)16-11-15(7-5-3-4-6-8-22(28)29)23(20(25)12-16)26-24(30)19-14-31-21-10-9-17(27)13-18(19)21/h6,8-10,13-16,20,23,27H,3-5,7,11-12H2,1-2H3,(H,26,30)(H,28,29)/b8-6+/t15-,16-,20?,23+/m0/s1. The summed E-state index contributed by atoms with van der Waals surface area (Å²) in [5, 5.41) is 22.4. The second-order valence-electron chi connectivity index (χ2n) is 9.71. The number of phenolic OH excluding ortho intramolecular Hbond substituents is 1. The molecule has 6 heteroatoms. The van der Waals surface area contributed by atoms with Gasteiger partial charge in [0, 0.05) is 17.5 Å². The van der Waals surface area contributed by atoms with Crippen LogP contribution in [0.2, 0.25) is 0 Å². The van der Waals surface area contributed by atoms with E-state index in [9.17, 15) is 14.7 Å². The van der Waals surface area contributed by atoms with Gasteiger partial charge in [-0.3, -0.25) is 4.79 Å². The lowest BCUT2D eigenvalue weighted by atomic mass is 9.44. The maximum Gasteiger partial charge on any atom is 0.327 e. The Bertz CT molecular complexity index is 1000. The minimum absolute atomic E-state index is 0.110. The van der Waals surface area contributed by atoms with Gasteiger partial charge in [0.2, 0.25) is 0 Å². The Labute approximate surface area is 182 Å². The highest BCUT2D eigenvalue weighted by atomic mass is 16.4. The molecule has 31 heavy (non-hydrogen) atoms. The number of hydrogen-bond acceptors (Lipinski definition) is 4. The zero-order valence-electron chi connectivity index (χ0n) is 18.1. The van der Waals surface area contributed by atoms with E-state index in [1.165, 1.54) is 12.3 Å². The van der Waals surface area contributed by atoms with E-state index < -0.39 is 5.97 Å². The molecule has 1 aromatic heterocycles. The molecule has 0 saturated heterocycles. The third-order valence-corrected chi connectivity index (χ3v) is 7.63. The molecule has 3 fully saturated rings. The molecule has 0 aliphatic heterocycles. The summed E-state index contributed by atoms with van der Waals surface area (Å²) >= 11 is 0. The molecule has 5 rings (SSSR count). The number of benzene rings is 1. The molecule has 0 spiro atoms. The first-order valence-corrected chi connectivity index (χ1v) is 11.2. The van der Waals surface area contributed by atoms with Crippen molar-refractivity contribution in [3.63, 3.8) is 0 Å². The number of unbranched alkanes of at least 4 members (excludes halogenated alkanes) is 2. The minimum atomic E-state index is -0.905. The topological polar surface area (TPSA) is 99.8 Å². The minimum Gasteiger partial charge on any atom is -0.508 e. The number of rotatable bonds is 8. The number of carboxylic acid groups (broad SMARTS) is 1. The zero-order chi connectivity index (χ0) is 22.2. The lowest BCUT2D eigenvalue weighted by molar-refractivity contribution is -0.131. The van der Waals surface area contributed by atoms with Crippen LogP contribution in [0.5, 0.6) is 5.75 Å². The Morgan fingerprint density at radius 1 is 1.26 bits per heavy atom. The fourth-order valence-corrected chi connectivity index (χ4v) is 5.70. The van der Waals surface area contributed by atoms with Crippen molar-refractivity contribution in [2.45, 2.75) is 58.4 Å². The summed E-state index contributed by atoms with van der Waals surface area (Å²) in [4.78, 5) is 23.8. The van der Waals surface area contributed by atoms with E-state index in [0.717, 1.165) is 38.5 Å². The van der Waals surface area contributed by atoms with E-state index in [1.807, 2.05) is 0 Å². The molecule has 2 bridgehead atoms. The van der Waals surface area contributed by atoms with Crippen LogP contribution in [0.1, 0.15) is 62.7 Å². The number of aliphatic carboxylic acids is 1. The number of aromatic hydroxyl groups is 1. The molecule has 1 aromatic carbocycles. The number of amides is 1. The van der Waals surface area contributed by atoms with Gasteiger partial charge in [-0.05, 0) is 73.5 Å². The molecule has 4 atom stereocenters. The van der Waals surface area contributed by atoms with E-state index in [0.29, 0.717) is 34.3 Å². The third-order valence-electron chi connectivity index (χ3n) is 7.63. The van der Waals surface area contributed by atoms with E-state index in [2.05, 4.69) is 19.2 Å². The molecule has 2 aromatic rings. The van der Waals surface area contributed by atoms with Crippen molar-refractivity contribution in [2.24, 2.45) is 23.2 Å². The average Bonchev–Trinajstić information content (AvgIpc) is 3.13. The van der Waals surface area contributed by atoms with Gasteiger partial charge >= 0.3 is 5.97 Å². The van der Waals surface area contributed by atoms with E-state index >= 15 is 0 Å². The molecule has 1 heterocycles. The first-order chi connectivity index (χ1) is 14.8. The van der Waals surface area contributed by atoms with Crippen LogP contribution in [-0.4, -0.2) is 28.1 Å². The van der Waals surface area contributed by atoms with Crippen molar-refractivity contribution < 1.29 is 24.2 Å². The summed E-state index contributed by atoms with van der Waals surface area (Å²) in [5.74, 6) is 0.643. The van der Waals surface area contributed by atoms with Gasteiger partial charge in [-0.1, -0.05) is 26.3 Å². The van der Waals surface area contributed by atoms with Crippen LogP contribution < -0.4 is 5.32 Å². The van der Waals surface area contributed by atoms with Crippen LogP contribution in [0.4, 0.5) is 0 Å². The van der Waals surface area contributed by atoms with Crippen molar-refractivity contribution in [1.29, 1.82) is 0 Å². The molecule has 3 aliphatic rings. The molecular weight excluding hydrogens is 394 g/mol. The van der Waals surface area contributed by atoms with Crippen molar-refractivity contribution in [2.75, 3.05) is 0 Å². The number of carboxylic acids is 1. The maximum absolute atomic E-state index is 13.2. The zero-order valence-corrected chi connectivity index (χ0v) is 18.1. The smallest absolute Gasteiger partial charge is 0.327 e. The Morgan fingerprint density at radius 2 is 2.06 bits per heavy atom. The van der Waals surface area contributed by atoms with Gasteiger partial charge in [0.1, 0.15) is 17.6 Å². The first kappa shape index (κ1) is 21.5. The van der Waals surface area contributed by atoms with Gasteiger partial charge in [-0.15, -0.1) is 0 Å². The second-order valence-corrected chi connectivity index (χ2v) is 9.71. The molecular formula is C25H31NO5. The van der Waals surface area contributed by atoms with Crippen LogP contribution in [0.15, 0.2) is 41.0 Å². The Hall–Kier alpha value is -2.76. The molecule has 1 amide bonds. The van der Waals surface area contributed by atoms with Crippen LogP contribution in [-0.2, 0) is 4.79 Å². The Morgan fingerprint density at radius 3 is 2.81 bits per heavy atom. The summed E-state index contributed by atoms with van der Waals surface area (Å²) in [7, 11) is 0. The average molecular weight is 426 g/mol. The highest BCUT2D eigenvalue weighted by Gasteiger charge is 2.57. The predicted molar refractivity (Wildman–Crippen MR) is 118 cm³/mol. The number of phenols is 1. The Balaban J connectivity index is 1.44. The summed E-state index contributed by atoms with van der Waals surface area (Å²) in [6.07, 6.45) is 10.4.